The van der Waals surface area contributed by atoms with E-state index in [-0.39, 0.29) is 5.78 Å². The van der Waals surface area contributed by atoms with Crippen molar-refractivity contribution in [2.45, 2.75) is 58.5 Å². The largest absolute Gasteiger partial charge is 0.421 e. The summed E-state index contributed by atoms with van der Waals surface area (Å²) in [4.78, 5) is 29.5. The predicted octanol–water partition coefficient (Wildman–Crippen LogP) is 6.32. The van der Waals surface area contributed by atoms with E-state index in [2.05, 4.69) is 23.7 Å². The molecule has 1 aromatic heterocycles. The summed E-state index contributed by atoms with van der Waals surface area (Å²) < 4.78 is 39.2. The third kappa shape index (κ3) is 6.69. The van der Waals surface area contributed by atoms with E-state index in [0.29, 0.717) is 29.2 Å². The summed E-state index contributed by atoms with van der Waals surface area (Å²) >= 11 is 0. The molecule has 0 spiro atoms. The first-order valence-corrected chi connectivity index (χ1v) is 12.1. The van der Waals surface area contributed by atoms with Gasteiger partial charge in [-0.2, -0.15) is 13.2 Å². The lowest BCUT2D eigenvalue weighted by molar-refractivity contribution is -0.138. The Morgan fingerprint density at radius 3 is 2.21 bits per heavy atom. The predicted molar refractivity (Wildman–Crippen MR) is 129 cm³/mol. The highest BCUT2D eigenvalue weighted by Gasteiger charge is 2.34. The number of alkyl halides is 3. The van der Waals surface area contributed by atoms with E-state index < -0.39 is 17.3 Å². The van der Waals surface area contributed by atoms with Crippen LogP contribution in [0.4, 0.5) is 13.2 Å². The molecule has 1 aliphatic carbocycles. The zero-order chi connectivity index (χ0) is 24.7. The number of H-pyrrole nitrogens is 1. The van der Waals surface area contributed by atoms with Crippen molar-refractivity contribution in [1.29, 1.82) is 0 Å². The molecule has 0 amide bonds. The van der Waals surface area contributed by atoms with Crippen LogP contribution in [0.3, 0.4) is 0 Å². The summed E-state index contributed by atoms with van der Waals surface area (Å²) in [6.07, 6.45) is 2.85. The number of carbonyl (C=O) groups excluding carboxylic acids is 1. The van der Waals surface area contributed by atoms with Crippen LogP contribution >= 0.6 is 0 Å². The van der Waals surface area contributed by atoms with Crippen molar-refractivity contribution in [2.24, 2.45) is 5.92 Å². The molecule has 0 unspecified atom stereocenters. The third-order valence-corrected chi connectivity index (χ3v) is 6.60. The number of allylic oxidation sites excluding steroid dienone is 1. The van der Waals surface area contributed by atoms with Crippen molar-refractivity contribution in [1.82, 2.24) is 9.88 Å². The second-order valence-corrected chi connectivity index (χ2v) is 8.87. The number of nitrogens with zero attached hydrogens (tertiary/aromatic N) is 1. The van der Waals surface area contributed by atoms with E-state index in [9.17, 15) is 22.8 Å². The van der Waals surface area contributed by atoms with Gasteiger partial charge in [0.15, 0.2) is 5.78 Å². The first-order chi connectivity index (χ1) is 16.2. The molecule has 7 heteroatoms. The molecule has 0 radical (unpaired) electrons. The van der Waals surface area contributed by atoms with Crippen molar-refractivity contribution in [3.8, 4) is 0 Å². The van der Waals surface area contributed by atoms with E-state index in [1.807, 2.05) is 18.2 Å². The number of pyridine rings is 1. The SMILES string of the molecule is CCN(CC)CCCC(=O)c1ccc(/C(=C/C2CCCC2)c2ccc(C(F)(F)F)c(=O)[nH]2)cc1. The minimum atomic E-state index is -4.70. The molecule has 0 saturated heterocycles. The van der Waals surface area contributed by atoms with Crippen molar-refractivity contribution in [2.75, 3.05) is 19.6 Å². The molecule has 184 valence electrons. The zero-order valence-electron chi connectivity index (χ0n) is 19.9. The quantitative estimate of drug-likeness (QED) is 0.410. The molecule has 0 atom stereocenters. The standard InChI is InChI=1S/C27H33F3N2O2/c1-3-32(4-2)17-7-10-25(33)21-13-11-20(12-14-21)22(18-19-8-5-6-9-19)24-16-15-23(26(34)31-24)27(28,29)30/h11-16,18-19H,3-10,17H2,1-2H3,(H,31,34)/b22-18-. The minimum absolute atomic E-state index is 0.0722. The number of carbonyl (C=O) groups is 1. The smallest absolute Gasteiger partial charge is 0.321 e. The van der Waals surface area contributed by atoms with Crippen molar-refractivity contribution in [3.05, 3.63) is 75.2 Å². The Morgan fingerprint density at radius 1 is 1.03 bits per heavy atom. The van der Waals surface area contributed by atoms with E-state index >= 15 is 0 Å². The van der Waals surface area contributed by atoms with E-state index in [1.54, 1.807) is 12.1 Å². The highest BCUT2D eigenvalue weighted by Crippen LogP contribution is 2.32. The molecule has 34 heavy (non-hydrogen) atoms. The molecule has 1 N–H and O–H groups in total. The second kappa shape index (κ2) is 11.6. The van der Waals surface area contributed by atoms with Crippen LogP contribution in [0.5, 0.6) is 0 Å². The van der Waals surface area contributed by atoms with Crippen LogP contribution in [0.15, 0.2) is 47.3 Å². The Labute approximate surface area is 198 Å². The molecule has 0 aliphatic heterocycles. The van der Waals surface area contributed by atoms with E-state index in [4.69, 9.17) is 0 Å². The lowest BCUT2D eigenvalue weighted by atomic mass is 9.94. The normalized spacial score (nSPS) is 15.3. The van der Waals surface area contributed by atoms with Crippen LogP contribution in [-0.2, 0) is 6.18 Å². The van der Waals surface area contributed by atoms with Gasteiger partial charge in [0, 0.05) is 23.3 Å². The van der Waals surface area contributed by atoms with Gasteiger partial charge in [0.1, 0.15) is 5.56 Å². The molecule has 1 fully saturated rings. The number of hydrogen-bond donors (Lipinski definition) is 1. The number of benzene rings is 1. The lowest BCUT2D eigenvalue weighted by Crippen LogP contribution is -2.24. The molecule has 1 aliphatic rings. The summed E-state index contributed by atoms with van der Waals surface area (Å²) in [6.45, 7) is 7.00. The highest BCUT2D eigenvalue weighted by molar-refractivity contribution is 5.96. The van der Waals surface area contributed by atoms with Crippen LogP contribution < -0.4 is 5.56 Å². The number of Topliss-reactive ketones (excluding diaryl/α,β-unsaturated/α-hetero) is 1. The van der Waals surface area contributed by atoms with Crippen LogP contribution in [0.25, 0.3) is 5.57 Å². The second-order valence-electron chi connectivity index (χ2n) is 8.87. The van der Waals surface area contributed by atoms with Gasteiger partial charge in [-0.3, -0.25) is 9.59 Å². The summed E-state index contributed by atoms with van der Waals surface area (Å²) in [6, 6.07) is 9.31. The average Bonchev–Trinajstić information content (AvgIpc) is 3.33. The summed E-state index contributed by atoms with van der Waals surface area (Å²) in [5.74, 6) is 0.380. The topological polar surface area (TPSA) is 53.2 Å². The van der Waals surface area contributed by atoms with Gasteiger partial charge in [-0.05, 0) is 62.5 Å². The van der Waals surface area contributed by atoms with Gasteiger partial charge >= 0.3 is 6.18 Å². The fourth-order valence-electron chi connectivity index (χ4n) is 4.54. The Morgan fingerprint density at radius 2 is 1.65 bits per heavy atom. The molecule has 3 rings (SSSR count). The Bertz CT molecular complexity index is 1040. The van der Waals surface area contributed by atoms with Gasteiger partial charge in [0.05, 0.1) is 0 Å². The molecule has 1 saturated carbocycles. The van der Waals surface area contributed by atoms with E-state index in [1.165, 1.54) is 6.07 Å². The lowest BCUT2D eigenvalue weighted by Gasteiger charge is -2.17. The Kier molecular flexibility index (Phi) is 8.89. The number of halogens is 3. The maximum atomic E-state index is 13.1. The van der Waals surface area contributed by atoms with Gasteiger partial charge in [-0.25, -0.2) is 0 Å². The first kappa shape index (κ1) is 25.9. The van der Waals surface area contributed by atoms with Crippen molar-refractivity contribution >= 4 is 11.4 Å². The summed E-state index contributed by atoms with van der Waals surface area (Å²) in [5.41, 5.74) is 0.0670. The molecular weight excluding hydrogens is 441 g/mol. The number of nitrogens with one attached hydrogen (secondary N) is 1. The molecule has 1 heterocycles. The van der Waals surface area contributed by atoms with Gasteiger partial charge in [-0.15, -0.1) is 0 Å². The molecule has 1 aromatic carbocycles. The summed E-state index contributed by atoms with van der Waals surface area (Å²) in [7, 11) is 0. The van der Waals surface area contributed by atoms with Crippen molar-refractivity contribution < 1.29 is 18.0 Å². The first-order valence-electron chi connectivity index (χ1n) is 12.1. The fourth-order valence-corrected chi connectivity index (χ4v) is 4.54. The molecule has 4 nitrogen and oxygen atoms in total. The highest BCUT2D eigenvalue weighted by atomic mass is 19.4. The van der Waals surface area contributed by atoms with Crippen LogP contribution in [0.2, 0.25) is 0 Å². The Hall–Kier alpha value is -2.67. The molecule has 0 bridgehead atoms. The zero-order valence-corrected chi connectivity index (χ0v) is 19.9. The number of aromatic nitrogens is 1. The number of hydrogen-bond acceptors (Lipinski definition) is 3. The van der Waals surface area contributed by atoms with Crippen LogP contribution in [0, 0.1) is 5.92 Å². The third-order valence-electron chi connectivity index (χ3n) is 6.60. The van der Waals surface area contributed by atoms with Crippen LogP contribution in [0.1, 0.15) is 79.6 Å². The van der Waals surface area contributed by atoms with Crippen LogP contribution in [-0.4, -0.2) is 35.3 Å². The molecular formula is C27H33F3N2O2. The van der Waals surface area contributed by atoms with Gasteiger partial charge < -0.3 is 9.88 Å². The van der Waals surface area contributed by atoms with Gasteiger partial charge in [0.25, 0.3) is 5.56 Å². The van der Waals surface area contributed by atoms with Gasteiger partial charge in [0.2, 0.25) is 0 Å². The minimum Gasteiger partial charge on any atom is -0.321 e. The number of ketones is 1. The fraction of sp³-hybridized carbons (Fsp3) is 0.481. The van der Waals surface area contributed by atoms with Crippen molar-refractivity contribution in [3.63, 3.8) is 0 Å². The van der Waals surface area contributed by atoms with Gasteiger partial charge in [-0.1, -0.05) is 57.0 Å². The summed E-state index contributed by atoms with van der Waals surface area (Å²) in [5, 5.41) is 0. The Balaban J connectivity index is 1.83. The number of aromatic amines is 1. The number of rotatable bonds is 10. The monoisotopic (exact) mass is 474 g/mol. The maximum Gasteiger partial charge on any atom is 0.421 e. The molecule has 2 aromatic rings. The average molecular weight is 475 g/mol. The maximum absolute atomic E-state index is 13.1. The van der Waals surface area contributed by atoms with E-state index in [0.717, 1.165) is 63.4 Å².